The van der Waals surface area contributed by atoms with Gasteiger partial charge in [-0.1, -0.05) is 119 Å². The fourth-order valence-corrected chi connectivity index (χ4v) is 6.80. The molecule has 1 aliphatic heterocycles. The Bertz CT molecular complexity index is 1260. The predicted octanol–water partition coefficient (Wildman–Crippen LogP) is 8.98. The number of benzene rings is 3. The highest BCUT2D eigenvalue weighted by Gasteiger charge is 2.68. The van der Waals surface area contributed by atoms with Crippen LogP contribution in [0.4, 0.5) is 13.2 Å². The summed E-state index contributed by atoms with van der Waals surface area (Å²) in [6.45, 7) is 14.0. The number of rotatable bonds is 6. The lowest BCUT2D eigenvalue weighted by Crippen LogP contribution is -2.60. The van der Waals surface area contributed by atoms with Crippen molar-refractivity contribution in [1.82, 2.24) is 0 Å². The maximum atomic E-state index is 15.8. The minimum atomic E-state index is -4.54. The number of aryl methyl sites for hydroxylation is 1. The maximum absolute atomic E-state index is 15.8. The zero-order chi connectivity index (χ0) is 28.9. The molecule has 1 saturated heterocycles. The molecule has 3 aromatic rings. The van der Waals surface area contributed by atoms with Crippen LogP contribution >= 0.6 is 0 Å². The SMILES string of the molecule is Cc1ccc(C(c2ccccc2)(C(F)(F)F)C(C)(C)C(C)(C)c2ccc(C3(C)CC[N+](C)(C)CC3)cc2)cc1. The highest BCUT2D eigenvalue weighted by atomic mass is 19.4. The normalized spacial score (nSPS) is 19.4. The Hall–Kier alpha value is -2.59. The number of quaternary nitrogens is 1. The molecule has 0 N–H and O–H groups in total. The van der Waals surface area contributed by atoms with Gasteiger partial charge in [0.05, 0.1) is 27.2 Å². The Morgan fingerprint density at radius 1 is 0.667 bits per heavy atom. The standard InChI is InChI=1S/C35H45F3N/c1-26-14-16-30(17-15-26)34(35(36,37)38,29-12-10-9-11-13-29)32(4,5)31(2,3)27-18-20-28(21-19-27)33(6)22-24-39(7,8)25-23-33/h9-21H,22-25H2,1-8H3/q+1. The summed E-state index contributed by atoms with van der Waals surface area (Å²) < 4.78 is 48.5. The van der Waals surface area contributed by atoms with Gasteiger partial charge in [-0.15, -0.1) is 0 Å². The highest BCUT2D eigenvalue weighted by Crippen LogP contribution is 2.63. The molecule has 1 unspecified atom stereocenters. The van der Waals surface area contributed by atoms with Crippen LogP contribution in [0.25, 0.3) is 0 Å². The van der Waals surface area contributed by atoms with Crippen molar-refractivity contribution in [2.75, 3.05) is 27.2 Å². The van der Waals surface area contributed by atoms with Gasteiger partial charge in [-0.3, -0.25) is 0 Å². The number of halogens is 3. The zero-order valence-corrected chi connectivity index (χ0v) is 24.9. The van der Waals surface area contributed by atoms with Crippen molar-refractivity contribution in [3.8, 4) is 0 Å². The first-order chi connectivity index (χ1) is 18.0. The van der Waals surface area contributed by atoms with E-state index in [0.29, 0.717) is 0 Å². The fourth-order valence-electron chi connectivity index (χ4n) is 6.80. The van der Waals surface area contributed by atoms with Gasteiger partial charge in [-0.2, -0.15) is 13.2 Å². The molecule has 3 aromatic carbocycles. The summed E-state index contributed by atoms with van der Waals surface area (Å²) in [4.78, 5) is 0. The lowest BCUT2D eigenvalue weighted by Gasteiger charge is -2.56. The second kappa shape index (κ2) is 9.80. The minimum absolute atomic E-state index is 0.0909. The van der Waals surface area contributed by atoms with E-state index in [9.17, 15) is 0 Å². The smallest absolute Gasteiger partial charge is 0.328 e. The molecule has 0 radical (unpaired) electrons. The molecular weight excluding hydrogens is 491 g/mol. The van der Waals surface area contributed by atoms with Crippen molar-refractivity contribution >= 4 is 0 Å². The molecule has 0 spiro atoms. The van der Waals surface area contributed by atoms with E-state index in [2.05, 4.69) is 45.3 Å². The molecule has 0 saturated carbocycles. The third-order valence-corrected chi connectivity index (χ3v) is 10.5. The van der Waals surface area contributed by atoms with Crippen LogP contribution in [-0.4, -0.2) is 37.8 Å². The van der Waals surface area contributed by atoms with Gasteiger partial charge in [-0.05, 0) is 40.0 Å². The molecule has 0 bridgehead atoms. The van der Waals surface area contributed by atoms with E-state index in [1.54, 1.807) is 68.4 Å². The molecule has 0 aliphatic carbocycles. The van der Waals surface area contributed by atoms with Gasteiger partial charge >= 0.3 is 6.18 Å². The molecule has 1 nitrogen and oxygen atoms in total. The van der Waals surface area contributed by atoms with Gasteiger partial charge in [0.1, 0.15) is 5.41 Å². The molecule has 39 heavy (non-hydrogen) atoms. The molecule has 4 rings (SSSR count). The number of piperidine rings is 1. The van der Waals surface area contributed by atoms with Crippen molar-refractivity contribution in [3.05, 3.63) is 107 Å². The van der Waals surface area contributed by atoms with Gasteiger partial charge in [0.2, 0.25) is 0 Å². The summed E-state index contributed by atoms with van der Waals surface area (Å²) in [7, 11) is 4.56. The Kier molecular flexibility index (Phi) is 7.39. The van der Waals surface area contributed by atoms with Gasteiger partial charge in [0, 0.05) is 18.3 Å². The Labute approximate surface area is 233 Å². The maximum Gasteiger partial charge on any atom is 0.402 e. The second-order valence-electron chi connectivity index (χ2n) is 13.8. The monoisotopic (exact) mass is 536 g/mol. The second-order valence-corrected chi connectivity index (χ2v) is 13.8. The van der Waals surface area contributed by atoms with Crippen LogP contribution < -0.4 is 0 Å². The van der Waals surface area contributed by atoms with E-state index in [-0.39, 0.29) is 16.5 Å². The summed E-state index contributed by atoms with van der Waals surface area (Å²) in [5.41, 5.74) is -0.534. The lowest BCUT2D eigenvalue weighted by atomic mass is 9.47. The highest BCUT2D eigenvalue weighted by molar-refractivity contribution is 5.48. The molecule has 1 atom stereocenters. The van der Waals surface area contributed by atoms with Crippen LogP contribution in [0.2, 0.25) is 0 Å². The summed E-state index contributed by atoms with van der Waals surface area (Å²) in [5, 5.41) is 0. The number of hydrogen-bond acceptors (Lipinski definition) is 0. The third-order valence-electron chi connectivity index (χ3n) is 10.5. The molecule has 1 fully saturated rings. The summed E-state index contributed by atoms with van der Waals surface area (Å²) in [6.07, 6.45) is -2.33. The van der Waals surface area contributed by atoms with Crippen molar-refractivity contribution < 1.29 is 17.7 Å². The molecule has 210 valence electrons. The Morgan fingerprint density at radius 2 is 1.13 bits per heavy atom. The lowest BCUT2D eigenvalue weighted by molar-refractivity contribution is -0.896. The molecular formula is C35H45F3N+. The molecule has 0 amide bonds. The number of hydrogen-bond donors (Lipinski definition) is 0. The van der Waals surface area contributed by atoms with Crippen LogP contribution in [0, 0.1) is 12.3 Å². The van der Waals surface area contributed by atoms with E-state index in [1.165, 1.54) is 5.56 Å². The van der Waals surface area contributed by atoms with Crippen molar-refractivity contribution in [2.24, 2.45) is 5.41 Å². The third kappa shape index (κ3) is 4.84. The Balaban J connectivity index is 1.86. The zero-order valence-electron chi connectivity index (χ0n) is 24.9. The number of nitrogens with zero attached hydrogens (tertiary/aromatic N) is 1. The van der Waals surface area contributed by atoms with E-state index in [0.717, 1.165) is 41.5 Å². The summed E-state index contributed by atoms with van der Waals surface area (Å²) >= 11 is 0. The van der Waals surface area contributed by atoms with E-state index in [1.807, 2.05) is 20.8 Å². The number of likely N-dealkylation sites (tertiary alicyclic amines) is 1. The van der Waals surface area contributed by atoms with Gasteiger partial charge < -0.3 is 4.48 Å². The first kappa shape index (κ1) is 29.4. The quantitative estimate of drug-likeness (QED) is 0.276. The van der Waals surface area contributed by atoms with Crippen LogP contribution in [0.15, 0.2) is 78.9 Å². The van der Waals surface area contributed by atoms with Crippen LogP contribution in [0.1, 0.15) is 75.3 Å². The van der Waals surface area contributed by atoms with E-state index >= 15 is 13.2 Å². The largest absolute Gasteiger partial charge is 0.402 e. The first-order valence-corrected chi connectivity index (χ1v) is 14.1. The average Bonchev–Trinajstić information content (AvgIpc) is 2.87. The topological polar surface area (TPSA) is 0 Å². The molecule has 4 heteroatoms. The molecule has 1 heterocycles. The number of alkyl halides is 3. The van der Waals surface area contributed by atoms with Gasteiger partial charge in [-0.25, -0.2) is 0 Å². The summed E-state index contributed by atoms with van der Waals surface area (Å²) in [6, 6.07) is 23.9. The van der Waals surface area contributed by atoms with Crippen molar-refractivity contribution in [2.45, 2.75) is 76.8 Å². The Morgan fingerprint density at radius 3 is 1.62 bits per heavy atom. The van der Waals surface area contributed by atoms with Crippen molar-refractivity contribution in [3.63, 3.8) is 0 Å². The average molecular weight is 537 g/mol. The van der Waals surface area contributed by atoms with Crippen LogP contribution in [0.3, 0.4) is 0 Å². The van der Waals surface area contributed by atoms with Gasteiger partial charge in [0.25, 0.3) is 0 Å². The summed E-state index contributed by atoms with van der Waals surface area (Å²) in [5.74, 6) is 0. The molecule has 1 aliphatic rings. The van der Waals surface area contributed by atoms with Gasteiger partial charge in [0.15, 0.2) is 0 Å². The van der Waals surface area contributed by atoms with E-state index < -0.39 is 22.4 Å². The van der Waals surface area contributed by atoms with Crippen LogP contribution in [0.5, 0.6) is 0 Å². The first-order valence-electron chi connectivity index (χ1n) is 14.1. The minimum Gasteiger partial charge on any atom is -0.328 e. The van der Waals surface area contributed by atoms with E-state index in [4.69, 9.17) is 0 Å². The fraction of sp³-hybridized carbons (Fsp3) is 0.486. The predicted molar refractivity (Wildman–Crippen MR) is 156 cm³/mol. The van der Waals surface area contributed by atoms with Crippen molar-refractivity contribution in [1.29, 1.82) is 0 Å². The van der Waals surface area contributed by atoms with Crippen LogP contribution in [-0.2, 0) is 16.2 Å². The molecule has 0 aromatic heterocycles.